The van der Waals surface area contributed by atoms with Gasteiger partial charge in [0.15, 0.2) is 5.96 Å². The van der Waals surface area contributed by atoms with Gasteiger partial charge in [0.2, 0.25) is 0 Å². The van der Waals surface area contributed by atoms with E-state index in [0.29, 0.717) is 6.04 Å². The van der Waals surface area contributed by atoms with Crippen LogP contribution in [0.2, 0.25) is 0 Å². The number of nitrogens with zero attached hydrogens (tertiary/aromatic N) is 3. The van der Waals surface area contributed by atoms with Crippen LogP contribution in [0.5, 0.6) is 0 Å². The standard InChI is InChI=1S/C17H33N5.HI/c1-5-7-8-10-15(3)21-17(18-6-2)19-12-9-11-16-13-20-22(4)14-16;/h13-15H,5-12H2,1-4H3,(H2,18,19,21);1H. The Bertz CT molecular complexity index is 430. The minimum Gasteiger partial charge on any atom is -0.357 e. The molecule has 0 spiro atoms. The van der Waals surface area contributed by atoms with Crippen LogP contribution >= 0.6 is 24.0 Å². The van der Waals surface area contributed by atoms with E-state index in [0.717, 1.165) is 31.9 Å². The highest BCUT2D eigenvalue weighted by Gasteiger charge is 2.04. The van der Waals surface area contributed by atoms with Gasteiger partial charge in [0.05, 0.1) is 6.20 Å². The van der Waals surface area contributed by atoms with E-state index in [9.17, 15) is 0 Å². The first-order chi connectivity index (χ1) is 10.7. The molecule has 1 heterocycles. The van der Waals surface area contributed by atoms with Crippen LogP contribution in [-0.2, 0) is 13.5 Å². The van der Waals surface area contributed by atoms with E-state index in [1.165, 1.54) is 31.2 Å². The van der Waals surface area contributed by atoms with Crippen molar-refractivity contribution in [1.29, 1.82) is 0 Å². The quantitative estimate of drug-likeness (QED) is 0.256. The monoisotopic (exact) mass is 435 g/mol. The lowest BCUT2D eigenvalue weighted by molar-refractivity contribution is 0.546. The molecule has 134 valence electrons. The molecule has 1 rings (SSSR count). The van der Waals surface area contributed by atoms with Crippen LogP contribution in [0.1, 0.15) is 58.4 Å². The Kier molecular flexibility index (Phi) is 13.2. The van der Waals surface area contributed by atoms with Gasteiger partial charge in [-0.3, -0.25) is 9.67 Å². The zero-order chi connectivity index (χ0) is 16.2. The third-order valence-corrected chi connectivity index (χ3v) is 3.62. The summed E-state index contributed by atoms with van der Waals surface area (Å²) in [5, 5.41) is 11.0. The van der Waals surface area contributed by atoms with Crippen molar-refractivity contribution in [3.05, 3.63) is 18.0 Å². The molecule has 5 nitrogen and oxygen atoms in total. The minimum absolute atomic E-state index is 0. The van der Waals surface area contributed by atoms with E-state index in [4.69, 9.17) is 0 Å². The zero-order valence-corrected chi connectivity index (χ0v) is 17.5. The molecular weight excluding hydrogens is 401 g/mol. The largest absolute Gasteiger partial charge is 0.357 e. The predicted molar refractivity (Wildman–Crippen MR) is 110 cm³/mol. The first-order valence-electron chi connectivity index (χ1n) is 8.68. The van der Waals surface area contributed by atoms with E-state index >= 15 is 0 Å². The fraction of sp³-hybridized carbons (Fsp3) is 0.765. The van der Waals surface area contributed by atoms with Crippen LogP contribution in [0.3, 0.4) is 0 Å². The van der Waals surface area contributed by atoms with Gasteiger partial charge in [-0.15, -0.1) is 24.0 Å². The number of nitrogens with one attached hydrogen (secondary N) is 2. The van der Waals surface area contributed by atoms with Crippen LogP contribution < -0.4 is 10.6 Å². The second kappa shape index (κ2) is 13.6. The average molecular weight is 435 g/mol. The van der Waals surface area contributed by atoms with Crippen LogP contribution in [0.4, 0.5) is 0 Å². The molecular formula is C17H34IN5. The van der Waals surface area contributed by atoms with Crippen molar-refractivity contribution >= 4 is 29.9 Å². The molecule has 0 bridgehead atoms. The van der Waals surface area contributed by atoms with Crippen molar-refractivity contribution in [2.24, 2.45) is 12.0 Å². The molecule has 0 saturated heterocycles. The van der Waals surface area contributed by atoms with Crippen LogP contribution in [0, 0.1) is 0 Å². The van der Waals surface area contributed by atoms with Gasteiger partial charge in [0.1, 0.15) is 0 Å². The SMILES string of the molecule is CCCCCC(C)NC(=NCCCc1cnn(C)c1)NCC.I. The highest BCUT2D eigenvalue weighted by atomic mass is 127. The van der Waals surface area contributed by atoms with Gasteiger partial charge in [-0.05, 0) is 38.7 Å². The molecule has 0 aliphatic rings. The van der Waals surface area contributed by atoms with Gasteiger partial charge in [-0.25, -0.2) is 0 Å². The van der Waals surface area contributed by atoms with Crippen molar-refractivity contribution in [2.75, 3.05) is 13.1 Å². The van der Waals surface area contributed by atoms with Crippen LogP contribution in [0.25, 0.3) is 0 Å². The summed E-state index contributed by atoms with van der Waals surface area (Å²) >= 11 is 0. The Morgan fingerprint density at radius 1 is 1.30 bits per heavy atom. The zero-order valence-electron chi connectivity index (χ0n) is 15.1. The van der Waals surface area contributed by atoms with E-state index in [1.807, 2.05) is 17.9 Å². The number of rotatable bonds is 10. The van der Waals surface area contributed by atoms with Gasteiger partial charge in [0, 0.05) is 32.4 Å². The maximum Gasteiger partial charge on any atom is 0.191 e. The van der Waals surface area contributed by atoms with E-state index in [1.54, 1.807) is 0 Å². The van der Waals surface area contributed by atoms with Crippen molar-refractivity contribution in [3.63, 3.8) is 0 Å². The van der Waals surface area contributed by atoms with Crippen molar-refractivity contribution in [2.45, 2.75) is 65.3 Å². The van der Waals surface area contributed by atoms with Crippen LogP contribution in [-0.4, -0.2) is 34.9 Å². The van der Waals surface area contributed by atoms with Gasteiger partial charge in [0.25, 0.3) is 0 Å². The van der Waals surface area contributed by atoms with Gasteiger partial charge in [-0.2, -0.15) is 5.10 Å². The predicted octanol–water partition coefficient (Wildman–Crippen LogP) is 3.49. The lowest BCUT2D eigenvalue weighted by Gasteiger charge is -2.17. The summed E-state index contributed by atoms with van der Waals surface area (Å²) < 4.78 is 1.85. The summed E-state index contributed by atoms with van der Waals surface area (Å²) in [5.41, 5.74) is 1.28. The van der Waals surface area contributed by atoms with Crippen LogP contribution in [0.15, 0.2) is 17.4 Å². The number of guanidine groups is 1. The molecule has 0 aliphatic heterocycles. The third kappa shape index (κ3) is 10.6. The Labute approximate surface area is 158 Å². The average Bonchev–Trinajstić information content (AvgIpc) is 2.89. The van der Waals surface area contributed by atoms with Crippen molar-refractivity contribution < 1.29 is 0 Å². The minimum atomic E-state index is 0. The van der Waals surface area contributed by atoms with Gasteiger partial charge >= 0.3 is 0 Å². The third-order valence-electron chi connectivity index (χ3n) is 3.62. The molecule has 1 unspecified atom stereocenters. The van der Waals surface area contributed by atoms with Crippen molar-refractivity contribution in [1.82, 2.24) is 20.4 Å². The van der Waals surface area contributed by atoms with E-state index in [-0.39, 0.29) is 24.0 Å². The number of hydrogen-bond donors (Lipinski definition) is 2. The summed E-state index contributed by atoms with van der Waals surface area (Å²) in [5.74, 6) is 0.942. The topological polar surface area (TPSA) is 54.2 Å². The van der Waals surface area contributed by atoms with E-state index in [2.05, 4.69) is 47.7 Å². The molecule has 6 heteroatoms. The van der Waals surface area contributed by atoms with Gasteiger partial charge < -0.3 is 10.6 Å². The molecule has 1 aromatic heterocycles. The molecule has 0 amide bonds. The summed E-state index contributed by atoms with van der Waals surface area (Å²) in [6, 6.07) is 0.475. The summed E-state index contributed by atoms with van der Waals surface area (Å²) in [7, 11) is 1.95. The fourth-order valence-electron chi connectivity index (χ4n) is 2.40. The first-order valence-corrected chi connectivity index (χ1v) is 8.68. The highest BCUT2D eigenvalue weighted by molar-refractivity contribution is 14.0. The Balaban J connectivity index is 0.00000484. The van der Waals surface area contributed by atoms with Gasteiger partial charge in [-0.1, -0.05) is 26.2 Å². The molecule has 0 aliphatic carbocycles. The lowest BCUT2D eigenvalue weighted by atomic mass is 10.1. The summed E-state index contributed by atoms with van der Waals surface area (Å²) in [4.78, 5) is 4.67. The molecule has 1 atom stereocenters. The second-order valence-electron chi connectivity index (χ2n) is 5.93. The fourth-order valence-corrected chi connectivity index (χ4v) is 2.40. The number of aryl methyl sites for hydroxylation is 2. The molecule has 0 aromatic carbocycles. The normalized spacial score (nSPS) is 12.6. The molecule has 23 heavy (non-hydrogen) atoms. The Morgan fingerprint density at radius 3 is 2.70 bits per heavy atom. The molecule has 0 fully saturated rings. The lowest BCUT2D eigenvalue weighted by Crippen LogP contribution is -2.42. The Morgan fingerprint density at radius 2 is 2.09 bits per heavy atom. The molecule has 2 N–H and O–H groups in total. The van der Waals surface area contributed by atoms with Crippen molar-refractivity contribution in [3.8, 4) is 0 Å². The summed E-state index contributed by atoms with van der Waals surface area (Å²) in [6.07, 6.45) is 11.2. The summed E-state index contributed by atoms with van der Waals surface area (Å²) in [6.45, 7) is 8.32. The number of hydrogen-bond acceptors (Lipinski definition) is 2. The number of aliphatic imine (C=N–C) groups is 1. The van der Waals surface area contributed by atoms with E-state index < -0.39 is 0 Å². The number of aromatic nitrogens is 2. The number of halogens is 1. The Hall–Kier alpha value is -0.790. The molecule has 1 aromatic rings. The maximum atomic E-state index is 4.67. The maximum absolute atomic E-state index is 4.67. The molecule has 0 radical (unpaired) electrons. The second-order valence-corrected chi connectivity index (χ2v) is 5.93. The number of unbranched alkanes of at least 4 members (excludes halogenated alkanes) is 2. The highest BCUT2D eigenvalue weighted by Crippen LogP contribution is 2.03. The molecule has 0 saturated carbocycles. The first kappa shape index (κ1) is 22.2. The smallest absolute Gasteiger partial charge is 0.191 e.